The van der Waals surface area contributed by atoms with Gasteiger partial charge in [-0.1, -0.05) is 0 Å². The summed E-state index contributed by atoms with van der Waals surface area (Å²) in [7, 11) is 2.04. The molecule has 13 heavy (non-hydrogen) atoms. The van der Waals surface area contributed by atoms with Gasteiger partial charge in [-0.15, -0.1) is 0 Å². The second-order valence-corrected chi connectivity index (χ2v) is 2.20. The van der Waals surface area contributed by atoms with Crippen LogP contribution in [0.15, 0.2) is 18.2 Å². The average molecular weight is 176 g/mol. The molecule has 1 aromatic rings. The van der Waals surface area contributed by atoms with Gasteiger partial charge in [-0.05, 0) is 12.1 Å². The highest BCUT2D eigenvalue weighted by Gasteiger charge is 2.04. The topological polar surface area (TPSA) is 62.5 Å². The van der Waals surface area contributed by atoms with Crippen LogP contribution in [0.1, 0.15) is 5.56 Å². The Balaban J connectivity index is 3.02. The molecule has 1 N–H and O–H groups in total. The first-order valence-electron chi connectivity index (χ1n) is 3.52. The van der Waals surface area contributed by atoms with Gasteiger partial charge in [-0.2, -0.15) is 5.26 Å². The van der Waals surface area contributed by atoms with E-state index in [1.807, 2.05) is 6.07 Å². The second-order valence-electron chi connectivity index (χ2n) is 2.20. The lowest BCUT2D eigenvalue weighted by Gasteiger charge is -2.05. The molecule has 0 fully saturated rings. The van der Waals surface area contributed by atoms with Gasteiger partial charge >= 0.3 is 7.69 Å². The Morgan fingerprint density at radius 3 is 2.85 bits per heavy atom. The number of nitrogens with zero attached hydrogens (tertiary/aromatic N) is 1. The Morgan fingerprint density at radius 1 is 1.54 bits per heavy atom. The maximum atomic E-state index is 8.68. The van der Waals surface area contributed by atoms with Crippen molar-refractivity contribution in [2.24, 2.45) is 0 Å². The van der Waals surface area contributed by atoms with Gasteiger partial charge in [0.2, 0.25) is 0 Å². The predicted molar refractivity (Wildman–Crippen MR) is 46.3 cm³/mol. The van der Waals surface area contributed by atoms with E-state index in [-0.39, 0.29) is 0 Å². The van der Waals surface area contributed by atoms with Crippen LogP contribution in [0.5, 0.6) is 11.5 Å². The van der Waals surface area contributed by atoms with Crippen LogP contribution in [0.25, 0.3) is 0 Å². The third kappa shape index (κ3) is 2.14. The summed E-state index contributed by atoms with van der Waals surface area (Å²) in [6, 6.07) is 6.63. The van der Waals surface area contributed by atoms with E-state index in [9.17, 15) is 0 Å². The van der Waals surface area contributed by atoms with Crippen LogP contribution >= 0.6 is 0 Å². The summed E-state index contributed by atoms with van der Waals surface area (Å²) in [5.74, 6) is 0.868. The summed E-state index contributed by atoms with van der Waals surface area (Å²) in [5.41, 5.74) is 0.310. The number of nitriles is 1. The highest BCUT2D eigenvalue weighted by Crippen LogP contribution is 2.22. The number of methoxy groups -OCH3 is 1. The van der Waals surface area contributed by atoms with Gasteiger partial charge < -0.3 is 14.4 Å². The molecular weight excluding hydrogens is 169 g/mol. The largest absolute Gasteiger partial charge is 0.569 e. The zero-order valence-corrected chi connectivity index (χ0v) is 7.02. The molecule has 0 saturated heterocycles. The van der Waals surface area contributed by atoms with Crippen molar-refractivity contribution in [1.82, 2.24) is 0 Å². The first-order chi connectivity index (χ1) is 6.31. The highest BCUT2D eigenvalue weighted by molar-refractivity contribution is 6.17. The third-order valence-electron chi connectivity index (χ3n) is 1.49. The Hall–Kier alpha value is -1.67. The maximum Gasteiger partial charge on any atom is 0.569 e. The van der Waals surface area contributed by atoms with Gasteiger partial charge in [0.15, 0.2) is 0 Å². The van der Waals surface area contributed by atoms with E-state index in [0.717, 1.165) is 0 Å². The summed E-state index contributed by atoms with van der Waals surface area (Å²) in [6.45, 7) is 0. The van der Waals surface area contributed by atoms with Crippen LogP contribution in [0, 0.1) is 11.3 Å². The van der Waals surface area contributed by atoms with Crippen molar-refractivity contribution in [3.05, 3.63) is 23.8 Å². The van der Waals surface area contributed by atoms with Crippen molar-refractivity contribution in [2.45, 2.75) is 0 Å². The Labute approximate surface area is 76.6 Å². The molecule has 1 aromatic carbocycles. The summed E-state index contributed by atoms with van der Waals surface area (Å²) in [6.07, 6.45) is 0. The fourth-order valence-corrected chi connectivity index (χ4v) is 0.883. The highest BCUT2D eigenvalue weighted by atomic mass is 16.5. The fourth-order valence-electron chi connectivity index (χ4n) is 0.883. The minimum Gasteiger partial charge on any atom is -0.536 e. The molecule has 0 aliphatic heterocycles. The molecule has 0 heterocycles. The predicted octanol–water partition coefficient (Wildman–Crippen LogP) is 0.472. The van der Waals surface area contributed by atoms with E-state index in [4.69, 9.17) is 15.0 Å². The molecule has 0 bridgehead atoms. The average Bonchev–Trinajstić information content (AvgIpc) is 2.19. The van der Waals surface area contributed by atoms with Gasteiger partial charge in [-0.25, -0.2) is 0 Å². The quantitative estimate of drug-likeness (QED) is 0.680. The van der Waals surface area contributed by atoms with Crippen molar-refractivity contribution in [3.63, 3.8) is 0 Å². The van der Waals surface area contributed by atoms with Gasteiger partial charge in [-0.3, -0.25) is 0 Å². The summed E-state index contributed by atoms with van der Waals surface area (Å²) in [5, 5.41) is 17.1. The van der Waals surface area contributed by atoms with Gasteiger partial charge in [0.1, 0.15) is 17.6 Å². The zero-order chi connectivity index (χ0) is 9.68. The number of hydrogen-bond acceptors (Lipinski definition) is 4. The Kier molecular flexibility index (Phi) is 3.18. The first-order valence-corrected chi connectivity index (χ1v) is 3.52. The summed E-state index contributed by atoms with van der Waals surface area (Å²) >= 11 is 0. The number of benzene rings is 1. The number of hydrogen-bond donors (Lipinski definition) is 1. The third-order valence-corrected chi connectivity index (χ3v) is 1.49. The van der Waals surface area contributed by atoms with Crippen LogP contribution in [0.4, 0.5) is 0 Å². The van der Waals surface area contributed by atoms with Crippen LogP contribution in [-0.4, -0.2) is 19.8 Å². The van der Waals surface area contributed by atoms with E-state index in [0.29, 0.717) is 24.7 Å². The normalized spacial score (nSPS) is 8.69. The minimum atomic E-state index is 0.297. The van der Waals surface area contributed by atoms with E-state index in [1.165, 1.54) is 13.2 Å². The smallest absolute Gasteiger partial charge is 0.536 e. The van der Waals surface area contributed by atoms with Crippen molar-refractivity contribution in [2.75, 3.05) is 7.11 Å². The molecule has 4 nitrogen and oxygen atoms in total. The lowest BCUT2D eigenvalue weighted by atomic mass is 10.2. The molecule has 0 unspecified atom stereocenters. The monoisotopic (exact) mass is 176 g/mol. The van der Waals surface area contributed by atoms with Crippen LogP contribution < -0.4 is 9.39 Å². The lowest BCUT2D eigenvalue weighted by molar-refractivity contribution is 0.412. The first kappa shape index (κ1) is 9.42. The molecule has 0 amide bonds. The molecule has 5 heteroatoms. The molecule has 0 spiro atoms. The molecular formula is C8H7BNO3. The summed E-state index contributed by atoms with van der Waals surface area (Å²) < 4.78 is 9.59. The van der Waals surface area contributed by atoms with Gasteiger partial charge in [0.05, 0.1) is 12.7 Å². The van der Waals surface area contributed by atoms with Gasteiger partial charge in [0.25, 0.3) is 0 Å². The molecule has 1 rings (SSSR count). The van der Waals surface area contributed by atoms with E-state index >= 15 is 0 Å². The molecule has 0 aliphatic carbocycles. The van der Waals surface area contributed by atoms with Crippen LogP contribution in [0.3, 0.4) is 0 Å². The lowest BCUT2D eigenvalue weighted by Crippen LogP contribution is -2.01. The Morgan fingerprint density at radius 2 is 2.31 bits per heavy atom. The second kappa shape index (κ2) is 4.38. The molecule has 0 aliphatic rings. The molecule has 65 valence electrons. The molecule has 0 aromatic heterocycles. The van der Waals surface area contributed by atoms with E-state index in [1.54, 1.807) is 12.1 Å². The fraction of sp³-hybridized carbons (Fsp3) is 0.125. The molecule has 1 radical (unpaired) electrons. The van der Waals surface area contributed by atoms with Crippen LogP contribution in [-0.2, 0) is 0 Å². The van der Waals surface area contributed by atoms with E-state index in [2.05, 4.69) is 4.65 Å². The molecule has 0 saturated carbocycles. The number of rotatable bonds is 3. The standard InChI is InChI=1S/C8H7BNO3/c1-12-7-2-3-8(13-9-11)6(4-7)5-10/h2-4,11H,1H3. The SMILES string of the molecule is COc1ccc(O[B]O)c(C#N)c1. The van der Waals surface area contributed by atoms with Crippen molar-refractivity contribution < 1.29 is 14.4 Å². The maximum absolute atomic E-state index is 8.68. The zero-order valence-electron chi connectivity index (χ0n) is 7.02. The molecule has 0 atom stereocenters. The summed E-state index contributed by atoms with van der Waals surface area (Å²) in [4.78, 5) is 0. The minimum absolute atomic E-state index is 0.297. The van der Waals surface area contributed by atoms with Crippen LogP contribution in [0.2, 0.25) is 0 Å². The van der Waals surface area contributed by atoms with E-state index < -0.39 is 0 Å². The Bertz CT molecular complexity index is 335. The van der Waals surface area contributed by atoms with Crippen molar-refractivity contribution in [3.8, 4) is 17.6 Å². The number of ether oxygens (including phenoxy) is 1. The van der Waals surface area contributed by atoms with Crippen molar-refractivity contribution in [1.29, 1.82) is 5.26 Å². The van der Waals surface area contributed by atoms with Crippen molar-refractivity contribution >= 4 is 7.69 Å². The van der Waals surface area contributed by atoms with Gasteiger partial charge in [0, 0.05) is 6.07 Å².